The van der Waals surface area contributed by atoms with Crippen molar-refractivity contribution in [1.29, 1.82) is 0 Å². The summed E-state index contributed by atoms with van der Waals surface area (Å²) in [6, 6.07) is 14.8. The molecule has 2 aromatic carbocycles. The van der Waals surface area contributed by atoms with E-state index in [-0.39, 0.29) is 5.91 Å². The number of nitrogens with one attached hydrogen (secondary N) is 1. The first-order chi connectivity index (χ1) is 12.9. The highest BCUT2D eigenvalue weighted by Crippen LogP contribution is 2.31. The molecule has 7 heteroatoms. The van der Waals surface area contributed by atoms with E-state index in [0.717, 1.165) is 26.2 Å². The second-order valence-corrected chi connectivity index (χ2v) is 7.97. The van der Waals surface area contributed by atoms with Crippen molar-refractivity contribution in [2.45, 2.75) is 13.8 Å². The lowest BCUT2D eigenvalue weighted by Crippen LogP contribution is -2.17. The van der Waals surface area contributed by atoms with Crippen molar-refractivity contribution in [3.05, 3.63) is 84.7 Å². The van der Waals surface area contributed by atoms with E-state index < -0.39 is 0 Å². The van der Waals surface area contributed by atoms with Gasteiger partial charge in [0.25, 0.3) is 5.91 Å². The molecule has 1 N–H and O–H groups in total. The average Bonchev–Trinajstić information content (AvgIpc) is 2.92. The van der Waals surface area contributed by atoms with Gasteiger partial charge in [-0.1, -0.05) is 29.3 Å². The second kappa shape index (κ2) is 8.46. The molecule has 0 aliphatic heterocycles. The van der Waals surface area contributed by atoms with Gasteiger partial charge in [-0.25, -0.2) is 5.43 Å². The Hall–Kier alpha value is -1.83. The fourth-order valence-electron chi connectivity index (χ4n) is 2.78. The molecule has 1 aromatic heterocycles. The molecule has 0 bridgehead atoms. The lowest BCUT2D eigenvalue weighted by atomic mass is 10.2. The Balaban J connectivity index is 1.82. The molecule has 1 heterocycles. The minimum atomic E-state index is -0.255. The van der Waals surface area contributed by atoms with Crippen molar-refractivity contribution >= 4 is 57.9 Å². The molecule has 0 unspecified atom stereocenters. The number of aryl methyl sites for hydroxylation is 1. The first kappa shape index (κ1) is 19.9. The van der Waals surface area contributed by atoms with Gasteiger partial charge in [0.05, 0.1) is 21.9 Å². The Bertz CT molecular complexity index is 1030. The quantitative estimate of drug-likeness (QED) is 0.270. The van der Waals surface area contributed by atoms with Gasteiger partial charge in [-0.05, 0) is 78.9 Å². The fourth-order valence-corrected chi connectivity index (χ4v) is 3.52. The molecular weight excluding hydrogens is 496 g/mol. The Morgan fingerprint density at radius 2 is 1.85 bits per heavy atom. The number of rotatable bonds is 4. The Kier molecular flexibility index (Phi) is 6.24. The normalized spacial score (nSPS) is 11.1. The van der Waals surface area contributed by atoms with Crippen molar-refractivity contribution in [3.63, 3.8) is 0 Å². The maximum atomic E-state index is 12.1. The molecule has 1 amide bonds. The zero-order valence-electron chi connectivity index (χ0n) is 14.6. The van der Waals surface area contributed by atoms with Crippen LogP contribution in [0.2, 0.25) is 10.0 Å². The number of hydrazone groups is 1. The zero-order chi connectivity index (χ0) is 19.6. The van der Waals surface area contributed by atoms with Gasteiger partial charge in [-0.2, -0.15) is 5.10 Å². The maximum Gasteiger partial charge on any atom is 0.271 e. The molecule has 0 fully saturated rings. The van der Waals surface area contributed by atoms with Crippen LogP contribution in [-0.4, -0.2) is 16.7 Å². The largest absolute Gasteiger partial charge is 0.316 e. The van der Waals surface area contributed by atoms with E-state index in [9.17, 15) is 4.79 Å². The number of amides is 1. The van der Waals surface area contributed by atoms with Crippen LogP contribution >= 0.6 is 45.8 Å². The van der Waals surface area contributed by atoms with Crippen LogP contribution in [0.25, 0.3) is 5.69 Å². The van der Waals surface area contributed by atoms with Gasteiger partial charge in [0.2, 0.25) is 0 Å². The number of halogens is 3. The first-order valence-corrected chi connectivity index (χ1v) is 9.94. The van der Waals surface area contributed by atoms with Crippen molar-refractivity contribution in [1.82, 2.24) is 9.99 Å². The molecule has 0 aliphatic carbocycles. The zero-order valence-corrected chi connectivity index (χ0v) is 18.3. The summed E-state index contributed by atoms with van der Waals surface area (Å²) in [7, 11) is 0. The van der Waals surface area contributed by atoms with E-state index in [2.05, 4.69) is 33.1 Å². The van der Waals surface area contributed by atoms with Gasteiger partial charge >= 0.3 is 0 Å². The third-order valence-electron chi connectivity index (χ3n) is 4.12. The van der Waals surface area contributed by atoms with Crippen molar-refractivity contribution in [2.24, 2.45) is 5.10 Å². The van der Waals surface area contributed by atoms with Crippen LogP contribution in [0.1, 0.15) is 27.3 Å². The molecule has 0 spiro atoms. The molecule has 0 atom stereocenters. The summed E-state index contributed by atoms with van der Waals surface area (Å²) < 4.78 is 3.08. The Labute approximate surface area is 181 Å². The number of carbonyl (C=O) groups excluding carboxylic acids is 1. The first-order valence-electron chi connectivity index (χ1n) is 8.11. The molecule has 3 aromatic rings. The van der Waals surface area contributed by atoms with Crippen molar-refractivity contribution in [3.8, 4) is 5.69 Å². The SMILES string of the molecule is Cc1cc(/C=N\NC(=O)c2ccc(I)cc2)c(C)n1-c1cccc(Cl)c1Cl. The predicted molar refractivity (Wildman–Crippen MR) is 119 cm³/mol. The number of benzene rings is 2. The third kappa shape index (κ3) is 4.36. The van der Waals surface area contributed by atoms with Crippen LogP contribution in [0, 0.1) is 17.4 Å². The molecule has 4 nitrogen and oxygen atoms in total. The van der Waals surface area contributed by atoms with E-state index in [4.69, 9.17) is 23.2 Å². The van der Waals surface area contributed by atoms with E-state index in [1.54, 1.807) is 24.4 Å². The predicted octanol–water partition coefficient (Wildman–Crippen LogP) is 5.77. The number of nitrogens with zero attached hydrogens (tertiary/aromatic N) is 2. The van der Waals surface area contributed by atoms with Crippen molar-refractivity contribution < 1.29 is 4.79 Å². The standard InChI is InChI=1S/C20H16Cl2IN3O/c1-12-10-15(11-24-25-20(27)14-6-8-16(23)9-7-14)13(2)26(12)18-5-3-4-17(21)19(18)22/h3-11H,1-2H3,(H,25,27)/b24-11-. The summed E-state index contributed by atoms with van der Waals surface area (Å²) >= 11 is 14.7. The van der Waals surface area contributed by atoms with Crippen LogP contribution in [0.15, 0.2) is 53.6 Å². The van der Waals surface area contributed by atoms with Crippen LogP contribution in [0.5, 0.6) is 0 Å². The van der Waals surface area contributed by atoms with Crippen LogP contribution in [-0.2, 0) is 0 Å². The van der Waals surface area contributed by atoms with Gasteiger partial charge in [0, 0.05) is 26.1 Å². The monoisotopic (exact) mass is 511 g/mol. The highest BCUT2D eigenvalue weighted by atomic mass is 127. The molecular formula is C20H16Cl2IN3O. The van der Waals surface area contributed by atoms with Crippen LogP contribution in [0.3, 0.4) is 0 Å². The molecule has 0 radical (unpaired) electrons. The van der Waals surface area contributed by atoms with Gasteiger partial charge in [-0.15, -0.1) is 0 Å². The Morgan fingerprint density at radius 1 is 1.15 bits per heavy atom. The molecule has 0 aliphatic rings. The maximum absolute atomic E-state index is 12.1. The fraction of sp³-hybridized carbons (Fsp3) is 0.100. The van der Waals surface area contributed by atoms with E-state index in [0.29, 0.717) is 15.6 Å². The van der Waals surface area contributed by atoms with E-state index >= 15 is 0 Å². The molecule has 0 saturated carbocycles. The number of carbonyl (C=O) groups is 1. The minimum absolute atomic E-state index is 0.255. The molecule has 0 saturated heterocycles. The Morgan fingerprint density at radius 3 is 2.56 bits per heavy atom. The topological polar surface area (TPSA) is 46.4 Å². The lowest BCUT2D eigenvalue weighted by Gasteiger charge is -2.12. The van der Waals surface area contributed by atoms with E-state index in [1.807, 2.05) is 48.7 Å². The summed E-state index contributed by atoms with van der Waals surface area (Å²) in [5.41, 5.74) is 6.74. The highest BCUT2D eigenvalue weighted by Gasteiger charge is 2.13. The summed E-state index contributed by atoms with van der Waals surface area (Å²) in [5.74, 6) is -0.255. The summed E-state index contributed by atoms with van der Waals surface area (Å²) in [6.45, 7) is 3.94. The van der Waals surface area contributed by atoms with Gasteiger partial charge in [0.1, 0.15) is 0 Å². The summed E-state index contributed by atoms with van der Waals surface area (Å²) in [5, 5.41) is 5.09. The second-order valence-electron chi connectivity index (χ2n) is 5.94. The third-order valence-corrected chi connectivity index (χ3v) is 5.65. The van der Waals surface area contributed by atoms with Gasteiger partial charge in [-0.3, -0.25) is 4.79 Å². The van der Waals surface area contributed by atoms with Gasteiger partial charge < -0.3 is 4.57 Å². The number of hydrogen-bond acceptors (Lipinski definition) is 2. The number of hydrogen-bond donors (Lipinski definition) is 1. The lowest BCUT2D eigenvalue weighted by molar-refractivity contribution is 0.0955. The molecule has 138 valence electrons. The molecule has 27 heavy (non-hydrogen) atoms. The van der Waals surface area contributed by atoms with E-state index in [1.165, 1.54) is 0 Å². The van der Waals surface area contributed by atoms with Crippen molar-refractivity contribution in [2.75, 3.05) is 0 Å². The molecule has 3 rings (SSSR count). The summed E-state index contributed by atoms with van der Waals surface area (Å²) in [4.78, 5) is 12.1. The van der Waals surface area contributed by atoms with Crippen LogP contribution in [0.4, 0.5) is 0 Å². The summed E-state index contributed by atoms with van der Waals surface area (Å²) in [6.07, 6.45) is 1.63. The number of aromatic nitrogens is 1. The van der Waals surface area contributed by atoms with Crippen LogP contribution < -0.4 is 5.43 Å². The van der Waals surface area contributed by atoms with Gasteiger partial charge in [0.15, 0.2) is 0 Å². The smallest absolute Gasteiger partial charge is 0.271 e. The average molecular weight is 512 g/mol. The minimum Gasteiger partial charge on any atom is -0.316 e. The highest BCUT2D eigenvalue weighted by molar-refractivity contribution is 14.1.